The van der Waals surface area contributed by atoms with Gasteiger partial charge in [0.2, 0.25) is 0 Å². The van der Waals surface area contributed by atoms with Crippen molar-refractivity contribution in [1.29, 1.82) is 0 Å². The second kappa shape index (κ2) is 7.92. The lowest BCUT2D eigenvalue weighted by molar-refractivity contribution is 0.0746. The third kappa shape index (κ3) is 3.87. The Kier molecular flexibility index (Phi) is 5.43. The Labute approximate surface area is 148 Å². The van der Waals surface area contributed by atoms with Crippen molar-refractivity contribution in [1.82, 2.24) is 4.90 Å². The molecule has 0 aromatic heterocycles. The third-order valence-corrected chi connectivity index (χ3v) is 4.41. The van der Waals surface area contributed by atoms with Crippen molar-refractivity contribution in [3.63, 3.8) is 0 Å². The number of hydrogen-bond donors (Lipinski definition) is 0. The Morgan fingerprint density at radius 2 is 1.68 bits per heavy atom. The van der Waals surface area contributed by atoms with Gasteiger partial charge in [0.25, 0.3) is 5.91 Å². The number of anilines is 1. The number of carbonyl (C=O) groups excluding carboxylic acids is 1. The van der Waals surface area contributed by atoms with Crippen molar-refractivity contribution < 1.29 is 14.3 Å². The first-order valence-electron chi connectivity index (χ1n) is 8.63. The van der Waals surface area contributed by atoms with Gasteiger partial charge < -0.3 is 19.3 Å². The maximum absolute atomic E-state index is 12.7. The number of benzene rings is 2. The summed E-state index contributed by atoms with van der Waals surface area (Å²) in [5.74, 6) is 1.73. The van der Waals surface area contributed by atoms with Gasteiger partial charge in [0.05, 0.1) is 19.4 Å². The van der Waals surface area contributed by atoms with Crippen LogP contribution in [0.3, 0.4) is 0 Å². The summed E-state index contributed by atoms with van der Waals surface area (Å²) in [7, 11) is 1.69. The smallest absolute Gasteiger partial charge is 0.253 e. The molecule has 3 rings (SSSR count). The van der Waals surface area contributed by atoms with E-state index in [2.05, 4.69) is 11.0 Å². The molecule has 1 fully saturated rings. The van der Waals surface area contributed by atoms with E-state index in [1.807, 2.05) is 54.3 Å². The van der Waals surface area contributed by atoms with Crippen LogP contribution in [-0.4, -0.2) is 50.7 Å². The van der Waals surface area contributed by atoms with Crippen LogP contribution in [0.4, 0.5) is 5.69 Å². The van der Waals surface area contributed by atoms with Gasteiger partial charge in [-0.1, -0.05) is 12.1 Å². The fourth-order valence-corrected chi connectivity index (χ4v) is 3.08. The second-order valence-corrected chi connectivity index (χ2v) is 5.91. The Balaban J connectivity index is 1.62. The average Bonchev–Trinajstić information content (AvgIpc) is 2.68. The predicted octanol–water partition coefficient (Wildman–Crippen LogP) is 3.06. The summed E-state index contributed by atoms with van der Waals surface area (Å²) in [6.07, 6.45) is 0. The summed E-state index contributed by atoms with van der Waals surface area (Å²) in [6.45, 7) is 5.55. The first-order chi connectivity index (χ1) is 12.2. The molecule has 0 spiro atoms. The molecule has 132 valence electrons. The first kappa shape index (κ1) is 17.1. The number of rotatable bonds is 5. The van der Waals surface area contributed by atoms with Crippen molar-refractivity contribution in [2.45, 2.75) is 6.92 Å². The molecule has 5 heteroatoms. The summed E-state index contributed by atoms with van der Waals surface area (Å²) < 4.78 is 10.9. The van der Waals surface area contributed by atoms with Crippen LogP contribution in [0.15, 0.2) is 48.5 Å². The lowest BCUT2D eigenvalue weighted by atomic mass is 10.1. The number of hydrogen-bond acceptors (Lipinski definition) is 4. The minimum absolute atomic E-state index is 0.0720. The lowest BCUT2D eigenvalue weighted by Crippen LogP contribution is -2.48. The van der Waals surface area contributed by atoms with Gasteiger partial charge in [0.15, 0.2) is 0 Å². The summed E-state index contributed by atoms with van der Waals surface area (Å²) in [5, 5.41) is 0. The molecule has 1 heterocycles. The highest BCUT2D eigenvalue weighted by atomic mass is 16.5. The van der Waals surface area contributed by atoms with Crippen LogP contribution in [-0.2, 0) is 0 Å². The number of para-hydroxylation sites is 2. The van der Waals surface area contributed by atoms with Crippen LogP contribution in [0.1, 0.15) is 17.3 Å². The van der Waals surface area contributed by atoms with Crippen LogP contribution in [0, 0.1) is 0 Å². The van der Waals surface area contributed by atoms with Gasteiger partial charge >= 0.3 is 0 Å². The SMILES string of the molecule is CCOc1ccc(C(=O)N2CCN(c3ccccc3OC)CC2)cc1. The Morgan fingerprint density at radius 1 is 1.00 bits per heavy atom. The molecular weight excluding hydrogens is 316 g/mol. The summed E-state index contributed by atoms with van der Waals surface area (Å²) >= 11 is 0. The number of methoxy groups -OCH3 is 1. The molecule has 1 aliphatic heterocycles. The minimum Gasteiger partial charge on any atom is -0.495 e. The minimum atomic E-state index is 0.0720. The Morgan fingerprint density at radius 3 is 2.32 bits per heavy atom. The molecule has 1 aliphatic rings. The van der Waals surface area contributed by atoms with E-state index in [-0.39, 0.29) is 5.91 Å². The molecule has 5 nitrogen and oxygen atoms in total. The fourth-order valence-electron chi connectivity index (χ4n) is 3.08. The topological polar surface area (TPSA) is 42.0 Å². The lowest BCUT2D eigenvalue weighted by Gasteiger charge is -2.36. The van der Waals surface area contributed by atoms with Gasteiger partial charge in [-0.05, 0) is 43.3 Å². The number of ether oxygens (including phenoxy) is 2. The number of amides is 1. The third-order valence-electron chi connectivity index (χ3n) is 4.41. The standard InChI is InChI=1S/C20H24N2O3/c1-3-25-17-10-8-16(9-11-17)20(23)22-14-12-21(13-15-22)18-6-4-5-7-19(18)24-2/h4-11H,3,12-15H2,1-2H3. The van der Waals surface area contributed by atoms with Gasteiger partial charge in [0, 0.05) is 31.7 Å². The van der Waals surface area contributed by atoms with Crippen molar-refractivity contribution in [3.05, 3.63) is 54.1 Å². The summed E-state index contributed by atoms with van der Waals surface area (Å²) in [6, 6.07) is 15.4. The van der Waals surface area contributed by atoms with Gasteiger partial charge in [-0.15, -0.1) is 0 Å². The monoisotopic (exact) mass is 340 g/mol. The highest BCUT2D eigenvalue weighted by molar-refractivity contribution is 5.94. The molecule has 2 aromatic rings. The molecule has 0 bridgehead atoms. The van der Waals surface area contributed by atoms with E-state index < -0.39 is 0 Å². The van der Waals surface area contributed by atoms with Crippen LogP contribution in [0.5, 0.6) is 11.5 Å². The van der Waals surface area contributed by atoms with Crippen molar-refractivity contribution in [2.75, 3.05) is 44.8 Å². The summed E-state index contributed by atoms with van der Waals surface area (Å²) in [5.41, 5.74) is 1.78. The molecule has 0 radical (unpaired) electrons. The molecule has 0 N–H and O–H groups in total. The zero-order chi connectivity index (χ0) is 17.6. The van der Waals surface area contributed by atoms with Crippen LogP contribution in [0.2, 0.25) is 0 Å². The highest BCUT2D eigenvalue weighted by Crippen LogP contribution is 2.28. The zero-order valence-corrected chi connectivity index (χ0v) is 14.8. The van der Waals surface area contributed by atoms with Crippen LogP contribution in [0.25, 0.3) is 0 Å². The molecule has 0 saturated carbocycles. The molecule has 1 saturated heterocycles. The normalized spacial score (nSPS) is 14.3. The Hall–Kier alpha value is -2.69. The molecular formula is C20H24N2O3. The van der Waals surface area contributed by atoms with E-state index >= 15 is 0 Å². The number of piperazine rings is 1. The molecule has 0 atom stereocenters. The second-order valence-electron chi connectivity index (χ2n) is 5.91. The zero-order valence-electron chi connectivity index (χ0n) is 14.8. The van der Waals surface area contributed by atoms with Crippen molar-refractivity contribution in [2.24, 2.45) is 0 Å². The van der Waals surface area contributed by atoms with Gasteiger partial charge in [-0.25, -0.2) is 0 Å². The van der Waals surface area contributed by atoms with Crippen molar-refractivity contribution in [3.8, 4) is 11.5 Å². The van der Waals surface area contributed by atoms with Crippen LogP contribution < -0.4 is 14.4 Å². The van der Waals surface area contributed by atoms with E-state index in [1.165, 1.54) is 0 Å². The number of carbonyl (C=O) groups is 1. The van der Waals surface area contributed by atoms with E-state index in [1.54, 1.807) is 7.11 Å². The van der Waals surface area contributed by atoms with Crippen LogP contribution >= 0.6 is 0 Å². The van der Waals surface area contributed by atoms with Gasteiger partial charge in [-0.3, -0.25) is 4.79 Å². The summed E-state index contributed by atoms with van der Waals surface area (Å²) in [4.78, 5) is 16.8. The largest absolute Gasteiger partial charge is 0.495 e. The van der Waals surface area contributed by atoms with E-state index in [4.69, 9.17) is 9.47 Å². The predicted molar refractivity (Wildman–Crippen MR) is 98.7 cm³/mol. The van der Waals surface area contributed by atoms with E-state index in [0.29, 0.717) is 25.3 Å². The van der Waals surface area contributed by atoms with E-state index in [9.17, 15) is 4.79 Å². The van der Waals surface area contributed by atoms with Crippen molar-refractivity contribution >= 4 is 11.6 Å². The van der Waals surface area contributed by atoms with Gasteiger partial charge in [0.1, 0.15) is 11.5 Å². The molecule has 0 aliphatic carbocycles. The molecule has 1 amide bonds. The maximum Gasteiger partial charge on any atom is 0.253 e. The fraction of sp³-hybridized carbons (Fsp3) is 0.350. The highest BCUT2D eigenvalue weighted by Gasteiger charge is 2.23. The Bertz CT molecular complexity index is 707. The maximum atomic E-state index is 12.7. The molecule has 25 heavy (non-hydrogen) atoms. The first-order valence-corrected chi connectivity index (χ1v) is 8.63. The van der Waals surface area contributed by atoms with Gasteiger partial charge in [-0.2, -0.15) is 0 Å². The quantitative estimate of drug-likeness (QED) is 0.839. The van der Waals surface area contributed by atoms with E-state index in [0.717, 1.165) is 30.3 Å². The average molecular weight is 340 g/mol. The number of nitrogens with zero attached hydrogens (tertiary/aromatic N) is 2. The molecule has 0 unspecified atom stereocenters. The molecule has 2 aromatic carbocycles.